The Bertz CT molecular complexity index is 444. The smallest absolute Gasteiger partial charge is 0.180 e. The summed E-state index contributed by atoms with van der Waals surface area (Å²) in [4.78, 5) is 0. The molecule has 2 nitrogen and oxygen atoms in total. The Hall–Kier alpha value is -1.41. The first-order chi connectivity index (χ1) is 6.01. The van der Waals surface area contributed by atoms with E-state index in [1.54, 1.807) is 0 Å². The molecule has 0 aliphatic heterocycles. The minimum Gasteiger partial charge on any atom is -0.180 e. The van der Waals surface area contributed by atoms with E-state index in [1.807, 2.05) is 0 Å². The minimum atomic E-state index is -5.07. The van der Waals surface area contributed by atoms with Crippen LogP contribution in [0.5, 0.6) is 0 Å². The van der Waals surface area contributed by atoms with E-state index in [-0.39, 0.29) is 5.69 Å². The molecule has 0 N–H and O–H groups in total. The fourth-order valence-corrected chi connectivity index (χ4v) is 1.11. The summed E-state index contributed by atoms with van der Waals surface area (Å²) in [6.07, 6.45) is 5.04. The average molecular weight is 201 g/mol. The van der Waals surface area contributed by atoms with Gasteiger partial charge in [0.2, 0.25) is 0 Å². The van der Waals surface area contributed by atoms with E-state index in [9.17, 15) is 12.0 Å². The van der Waals surface area contributed by atoms with Crippen LogP contribution in [-0.2, 0) is 10.5 Å². The Balaban J connectivity index is 3.10. The van der Waals surface area contributed by atoms with Crippen molar-refractivity contribution in [2.24, 2.45) is 4.36 Å². The van der Waals surface area contributed by atoms with Crippen LogP contribution >= 0.6 is 0 Å². The topological polar surface area (TPSA) is 29.4 Å². The van der Waals surface area contributed by atoms with Crippen molar-refractivity contribution in [1.29, 1.82) is 0 Å². The number of rotatable bonds is 1. The van der Waals surface area contributed by atoms with Gasteiger partial charge in [-0.1, -0.05) is 13.7 Å². The molecule has 13 heavy (non-hydrogen) atoms. The van der Waals surface area contributed by atoms with E-state index in [4.69, 9.17) is 6.42 Å². The molecular formula is C8H5F2NOS. The van der Waals surface area contributed by atoms with Crippen LogP contribution in [0.4, 0.5) is 13.5 Å². The zero-order chi connectivity index (χ0) is 9.90. The maximum absolute atomic E-state index is 11.9. The fraction of sp³-hybridized carbons (Fsp3) is 0. The largest absolute Gasteiger partial charge is 0.371 e. The summed E-state index contributed by atoms with van der Waals surface area (Å²) in [6.45, 7) is 0. The molecule has 0 saturated carbocycles. The van der Waals surface area contributed by atoms with Gasteiger partial charge in [-0.15, -0.1) is 10.8 Å². The molecule has 0 radical (unpaired) electrons. The lowest BCUT2D eigenvalue weighted by Gasteiger charge is -1.92. The Kier molecular flexibility index (Phi) is 2.63. The Labute approximate surface area is 75.4 Å². The molecule has 0 bridgehead atoms. The summed E-state index contributed by atoms with van der Waals surface area (Å²) < 4.78 is 36.5. The van der Waals surface area contributed by atoms with Crippen LogP contribution in [0.2, 0.25) is 0 Å². The zero-order valence-electron chi connectivity index (χ0n) is 6.41. The number of nitrogens with zero attached hydrogens (tertiary/aromatic N) is 1. The molecule has 0 spiro atoms. The molecule has 0 amide bonds. The van der Waals surface area contributed by atoms with Crippen LogP contribution in [-0.4, -0.2) is 4.21 Å². The van der Waals surface area contributed by atoms with Crippen molar-refractivity contribution in [2.75, 3.05) is 0 Å². The molecule has 1 aromatic carbocycles. The number of benzene rings is 1. The van der Waals surface area contributed by atoms with E-state index in [2.05, 4.69) is 10.3 Å². The Morgan fingerprint density at radius 3 is 2.23 bits per heavy atom. The van der Waals surface area contributed by atoms with Crippen molar-refractivity contribution in [3.8, 4) is 12.3 Å². The van der Waals surface area contributed by atoms with Crippen molar-refractivity contribution < 1.29 is 12.0 Å². The molecule has 0 atom stereocenters. The van der Waals surface area contributed by atoms with Gasteiger partial charge in [0.1, 0.15) is 0 Å². The van der Waals surface area contributed by atoms with Gasteiger partial charge >= 0.3 is 10.5 Å². The standard InChI is InChI=1S/C8H5F2NOS/c1-2-7-3-5-8(6-4-7)11-13(9,10)12/h1,3-6H. The van der Waals surface area contributed by atoms with Crippen molar-refractivity contribution in [3.63, 3.8) is 0 Å². The number of hydrogen-bond acceptors (Lipinski definition) is 2. The number of halogens is 2. The third-order valence-electron chi connectivity index (χ3n) is 1.25. The van der Waals surface area contributed by atoms with Crippen LogP contribution in [0.1, 0.15) is 5.56 Å². The van der Waals surface area contributed by atoms with Crippen LogP contribution < -0.4 is 0 Å². The lowest BCUT2D eigenvalue weighted by atomic mass is 10.2. The predicted octanol–water partition coefficient (Wildman–Crippen LogP) is 2.54. The average Bonchev–Trinajstić information content (AvgIpc) is 2.03. The van der Waals surface area contributed by atoms with Crippen molar-refractivity contribution in [3.05, 3.63) is 29.8 Å². The summed E-state index contributed by atoms with van der Waals surface area (Å²) >= 11 is 0. The van der Waals surface area contributed by atoms with Crippen molar-refractivity contribution >= 4 is 16.2 Å². The Morgan fingerprint density at radius 1 is 1.31 bits per heavy atom. The normalized spacial score (nSPS) is 10.5. The highest BCUT2D eigenvalue weighted by molar-refractivity contribution is 7.83. The summed E-state index contributed by atoms with van der Waals surface area (Å²) in [5, 5.41) is 0. The lowest BCUT2D eigenvalue weighted by Crippen LogP contribution is -1.76. The first-order valence-corrected chi connectivity index (χ1v) is 4.56. The minimum absolute atomic E-state index is 0.0472. The van der Waals surface area contributed by atoms with Crippen molar-refractivity contribution in [2.45, 2.75) is 0 Å². The molecule has 0 aromatic heterocycles. The highest BCUT2D eigenvalue weighted by Crippen LogP contribution is 2.16. The van der Waals surface area contributed by atoms with Gasteiger partial charge in [0.25, 0.3) is 0 Å². The van der Waals surface area contributed by atoms with Crippen LogP contribution in [0, 0.1) is 12.3 Å². The number of hydrogen-bond donors (Lipinski definition) is 0. The third-order valence-corrected chi connectivity index (χ3v) is 1.67. The summed E-state index contributed by atoms with van der Waals surface area (Å²) in [6, 6.07) is 5.47. The van der Waals surface area contributed by atoms with Gasteiger partial charge in [0.05, 0.1) is 5.69 Å². The molecular weight excluding hydrogens is 196 g/mol. The molecule has 0 aliphatic carbocycles. The van der Waals surface area contributed by atoms with Crippen molar-refractivity contribution in [1.82, 2.24) is 0 Å². The predicted molar refractivity (Wildman–Crippen MR) is 46.8 cm³/mol. The van der Waals surface area contributed by atoms with E-state index >= 15 is 0 Å². The summed E-state index contributed by atoms with van der Waals surface area (Å²) in [5.41, 5.74) is 0.511. The quantitative estimate of drug-likeness (QED) is 0.507. The molecule has 1 rings (SSSR count). The van der Waals surface area contributed by atoms with Gasteiger partial charge in [-0.3, -0.25) is 0 Å². The van der Waals surface area contributed by atoms with Gasteiger partial charge in [0, 0.05) is 5.56 Å². The highest BCUT2D eigenvalue weighted by Gasteiger charge is 2.00. The van der Waals surface area contributed by atoms with E-state index in [0.29, 0.717) is 5.56 Å². The van der Waals surface area contributed by atoms with Gasteiger partial charge in [-0.2, -0.15) is 4.21 Å². The lowest BCUT2D eigenvalue weighted by molar-refractivity contribution is 0.588. The monoisotopic (exact) mass is 201 g/mol. The molecule has 0 aliphatic rings. The summed E-state index contributed by atoms with van der Waals surface area (Å²) in [7, 11) is -5.07. The van der Waals surface area contributed by atoms with Gasteiger partial charge in [0.15, 0.2) is 0 Å². The van der Waals surface area contributed by atoms with E-state index in [0.717, 1.165) is 0 Å². The molecule has 0 unspecified atom stereocenters. The molecule has 1 aromatic rings. The highest BCUT2D eigenvalue weighted by atomic mass is 32.3. The van der Waals surface area contributed by atoms with Gasteiger partial charge in [-0.25, -0.2) is 0 Å². The fourth-order valence-electron chi connectivity index (χ4n) is 0.741. The zero-order valence-corrected chi connectivity index (χ0v) is 7.22. The number of terminal acetylenes is 1. The summed E-state index contributed by atoms with van der Waals surface area (Å²) in [5.74, 6) is 2.32. The second-order valence-electron chi connectivity index (χ2n) is 2.18. The molecule has 0 saturated heterocycles. The molecule has 5 heteroatoms. The third kappa shape index (κ3) is 3.22. The first-order valence-electron chi connectivity index (χ1n) is 3.24. The SMILES string of the molecule is C#Cc1ccc(N=S(=O)(F)F)cc1. The second kappa shape index (κ2) is 3.54. The van der Waals surface area contributed by atoms with Crippen LogP contribution in [0.3, 0.4) is 0 Å². The maximum atomic E-state index is 11.9. The maximum Gasteiger partial charge on any atom is 0.371 e. The van der Waals surface area contributed by atoms with Gasteiger partial charge < -0.3 is 0 Å². The first kappa shape index (κ1) is 9.68. The van der Waals surface area contributed by atoms with E-state index < -0.39 is 10.5 Å². The Morgan fingerprint density at radius 2 is 1.85 bits per heavy atom. The van der Waals surface area contributed by atoms with Gasteiger partial charge in [-0.05, 0) is 24.3 Å². The molecule has 0 fully saturated rings. The molecule has 0 heterocycles. The van der Waals surface area contributed by atoms with Crippen LogP contribution in [0.25, 0.3) is 0 Å². The van der Waals surface area contributed by atoms with Crippen LogP contribution in [0.15, 0.2) is 28.6 Å². The van der Waals surface area contributed by atoms with E-state index in [1.165, 1.54) is 24.3 Å². The molecule has 68 valence electrons. The second-order valence-corrected chi connectivity index (χ2v) is 3.16.